The van der Waals surface area contributed by atoms with E-state index in [1.54, 1.807) is 24.3 Å². The van der Waals surface area contributed by atoms with Gasteiger partial charge in [-0.1, -0.05) is 19.3 Å². The van der Waals surface area contributed by atoms with Crippen molar-refractivity contribution in [3.63, 3.8) is 0 Å². The SMILES string of the molecule is O=C1NC(=O)N(C2CCCCC2)C(=O)/C1=C/c1ccc(-c2ccc([N+](=O)[O-])cc2)o1. The first kappa shape index (κ1) is 19.6. The first-order valence-electron chi connectivity index (χ1n) is 9.69. The van der Waals surface area contributed by atoms with E-state index in [9.17, 15) is 24.5 Å². The van der Waals surface area contributed by atoms with E-state index < -0.39 is 22.8 Å². The molecule has 9 heteroatoms. The zero-order valence-corrected chi connectivity index (χ0v) is 16.0. The molecule has 0 radical (unpaired) electrons. The second-order valence-electron chi connectivity index (χ2n) is 7.29. The van der Waals surface area contributed by atoms with Crippen LogP contribution in [0.5, 0.6) is 0 Å². The number of benzene rings is 1. The van der Waals surface area contributed by atoms with E-state index in [1.807, 2.05) is 0 Å². The number of nitro groups is 1. The summed E-state index contributed by atoms with van der Waals surface area (Å²) in [7, 11) is 0. The van der Waals surface area contributed by atoms with Gasteiger partial charge in [0.2, 0.25) is 0 Å². The van der Waals surface area contributed by atoms with Crippen LogP contribution in [0.15, 0.2) is 46.4 Å². The Labute approximate surface area is 171 Å². The third-order valence-corrected chi connectivity index (χ3v) is 5.35. The molecular weight excluding hydrogens is 390 g/mol. The van der Waals surface area contributed by atoms with E-state index in [-0.39, 0.29) is 23.1 Å². The molecule has 1 aromatic heterocycles. The molecule has 1 saturated heterocycles. The summed E-state index contributed by atoms with van der Waals surface area (Å²) in [5.41, 5.74) is 0.415. The van der Waals surface area contributed by atoms with Crippen LogP contribution in [0.4, 0.5) is 10.5 Å². The summed E-state index contributed by atoms with van der Waals surface area (Å²) in [6.45, 7) is 0. The zero-order chi connectivity index (χ0) is 21.3. The number of carbonyl (C=O) groups excluding carboxylic acids is 3. The molecule has 0 atom stereocenters. The van der Waals surface area contributed by atoms with Crippen molar-refractivity contribution in [2.24, 2.45) is 0 Å². The van der Waals surface area contributed by atoms with E-state index in [0.29, 0.717) is 11.3 Å². The minimum Gasteiger partial charge on any atom is -0.457 e. The molecule has 30 heavy (non-hydrogen) atoms. The first-order chi connectivity index (χ1) is 14.4. The summed E-state index contributed by atoms with van der Waals surface area (Å²) in [6, 6.07) is 8.17. The Balaban J connectivity index is 1.59. The summed E-state index contributed by atoms with van der Waals surface area (Å²) in [5.74, 6) is -0.685. The average molecular weight is 409 g/mol. The molecule has 2 fully saturated rings. The van der Waals surface area contributed by atoms with Crippen LogP contribution in [0.25, 0.3) is 17.4 Å². The van der Waals surface area contributed by atoms with Crippen molar-refractivity contribution in [1.29, 1.82) is 0 Å². The predicted octanol–water partition coefficient (Wildman–Crippen LogP) is 3.65. The number of non-ortho nitro benzene ring substituents is 1. The molecule has 9 nitrogen and oxygen atoms in total. The van der Waals surface area contributed by atoms with E-state index in [2.05, 4.69) is 5.32 Å². The third-order valence-electron chi connectivity index (χ3n) is 5.35. The fourth-order valence-corrected chi connectivity index (χ4v) is 3.82. The van der Waals surface area contributed by atoms with Crippen LogP contribution < -0.4 is 5.32 Å². The first-order valence-corrected chi connectivity index (χ1v) is 9.69. The maximum absolute atomic E-state index is 12.9. The average Bonchev–Trinajstić information content (AvgIpc) is 3.20. The molecule has 1 aliphatic heterocycles. The second-order valence-corrected chi connectivity index (χ2v) is 7.29. The Hall–Kier alpha value is -3.75. The molecule has 4 amide bonds. The standard InChI is InChI=1S/C21H19N3O6/c25-19-17(20(26)23(21(27)22-19)14-4-2-1-3-5-14)12-16-10-11-18(30-16)13-6-8-15(9-7-13)24(28)29/h6-12,14H,1-5H2,(H,22,25,27)/b17-12+. The molecular formula is C21H19N3O6. The number of hydrogen-bond donors (Lipinski definition) is 1. The van der Waals surface area contributed by atoms with E-state index in [4.69, 9.17) is 4.42 Å². The van der Waals surface area contributed by atoms with Gasteiger partial charge in [0.1, 0.15) is 17.1 Å². The largest absolute Gasteiger partial charge is 0.457 e. The van der Waals surface area contributed by atoms with Crippen molar-refractivity contribution >= 4 is 29.6 Å². The summed E-state index contributed by atoms with van der Waals surface area (Å²) < 4.78 is 5.70. The summed E-state index contributed by atoms with van der Waals surface area (Å²) in [5, 5.41) is 13.0. The van der Waals surface area contributed by atoms with Crippen molar-refractivity contribution in [2.45, 2.75) is 38.1 Å². The van der Waals surface area contributed by atoms with Gasteiger partial charge in [0.05, 0.1) is 4.92 Å². The van der Waals surface area contributed by atoms with Gasteiger partial charge in [-0.15, -0.1) is 0 Å². The van der Waals surface area contributed by atoms with Gasteiger partial charge in [0, 0.05) is 23.7 Å². The predicted molar refractivity (Wildman–Crippen MR) is 106 cm³/mol. The number of hydrogen-bond acceptors (Lipinski definition) is 6. The molecule has 4 rings (SSSR count). The number of carbonyl (C=O) groups is 3. The maximum Gasteiger partial charge on any atom is 0.331 e. The lowest BCUT2D eigenvalue weighted by Crippen LogP contribution is -2.58. The number of nitrogens with zero attached hydrogens (tertiary/aromatic N) is 2. The normalized spacial score (nSPS) is 19.3. The minimum absolute atomic E-state index is 0.0374. The summed E-state index contributed by atoms with van der Waals surface area (Å²) in [6.07, 6.45) is 5.71. The van der Waals surface area contributed by atoms with E-state index >= 15 is 0 Å². The van der Waals surface area contributed by atoms with Crippen molar-refractivity contribution in [2.75, 3.05) is 0 Å². The minimum atomic E-state index is -0.759. The quantitative estimate of drug-likeness (QED) is 0.356. The summed E-state index contributed by atoms with van der Waals surface area (Å²) in [4.78, 5) is 48.9. The Morgan fingerprint density at radius 2 is 1.73 bits per heavy atom. The molecule has 2 heterocycles. The van der Waals surface area contributed by atoms with Crippen LogP contribution in [-0.2, 0) is 9.59 Å². The van der Waals surface area contributed by atoms with Crippen LogP contribution in [-0.4, -0.2) is 33.7 Å². The monoisotopic (exact) mass is 409 g/mol. The lowest BCUT2D eigenvalue weighted by molar-refractivity contribution is -0.384. The van der Waals surface area contributed by atoms with Gasteiger partial charge in [-0.2, -0.15) is 0 Å². The van der Waals surface area contributed by atoms with Gasteiger partial charge < -0.3 is 4.42 Å². The number of amides is 4. The van der Waals surface area contributed by atoms with E-state index in [0.717, 1.165) is 37.0 Å². The molecule has 1 saturated carbocycles. The highest BCUT2D eigenvalue weighted by Crippen LogP contribution is 2.28. The molecule has 1 aliphatic carbocycles. The van der Waals surface area contributed by atoms with Crippen LogP contribution in [0.3, 0.4) is 0 Å². The Bertz CT molecular complexity index is 1050. The Morgan fingerprint density at radius 1 is 1.03 bits per heavy atom. The highest BCUT2D eigenvalue weighted by atomic mass is 16.6. The highest BCUT2D eigenvalue weighted by molar-refractivity contribution is 6.31. The summed E-state index contributed by atoms with van der Waals surface area (Å²) >= 11 is 0. The number of furan rings is 1. The lowest BCUT2D eigenvalue weighted by Gasteiger charge is -2.35. The zero-order valence-electron chi connectivity index (χ0n) is 16.0. The van der Waals surface area contributed by atoms with Gasteiger partial charge in [-0.25, -0.2) is 4.79 Å². The number of urea groups is 1. The van der Waals surface area contributed by atoms with Crippen LogP contribution >= 0.6 is 0 Å². The van der Waals surface area contributed by atoms with E-state index in [1.165, 1.54) is 18.2 Å². The number of nitro benzene ring substituents is 1. The van der Waals surface area contributed by atoms with Crippen LogP contribution in [0.2, 0.25) is 0 Å². The maximum atomic E-state index is 12.9. The van der Waals surface area contributed by atoms with Crippen molar-refractivity contribution in [3.05, 3.63) is 57.8 Å². The molecule has 1 N–H and O–H groups in total. The highest BCUT2D eigenvalue weighted by Gasteiger charge is 2.40. The third kappa shape index (κ3) is 3.73. The number of rotatable bonds is 4. The molecule has 2 aromatic rings. The van der Waals surface area contributed by atoms with Gasteiger partial charge in [-0.3, -0.25) is 29.9 Å². The van der Waals surface area contributed by atoms with Gasteiger partial charge in [-0.05, 0) is 43.2 Å². The molecule has 0 spiro atoms. The van der Waals surface area contributed by atoms with Crippen LogP contribution in [0, 0.1) is 10.1 Å². The fourth-order valence-electron chi connectivity index (χ4n) is 3.82. The van der Waals surface area contributed by atoms with Crippen molar-refractivity contribution in [1.82, 2.24) is 10.2 Å². The second kappa shape index (κ2) is 7.94. The van der Waals surface area contributed by atoms with Crippen molar-refractivity contribution < 1.29 is 23.7 Å². The van der Waals surface area contributed by atoms with Gasteiger partial charge in [0.25, 0.3) is 17.5 Å². The van der Waals surface area contributed by atoms with Gasteiger partial charge >= 0.3 is 6.03 Å². The number of barbiturate groups is 1. The Morgan fingerprint density at radius 3 is 2.40 bits per heavy atom. The smallest absolute Gasteiger partial charge is 0.331 e. The Kier molecular flexibility index (Phi) is 5.18. The molecule has 0 unspecified atom stereocenters. The van der Waals surface area contributed by atoms with Gasteiger partial charge in [0.15, 0.2) is 0 Å². The topological polar surface area (TPSA) is 123 Å². The molecule has 154 valence electrons. The lowest BCUT2D eigenvalue weighted by atomic mass is 9.93. The van der Waals surface area contributed by atoms with Crippen LogP contribution in [0.1, 0.15) is 37.9 Å². The molecule has 2 aliphatic rings. The fraction of sp³-hybridized carbons (Fsp3) is 0.286. The molecule has 0 bridgehead atoms. The number of nitrogens with one attached hydrogen (secondary N) is 1. The number of imide groups is 2. The van der Waals surface area contributed by atoms with Crippen molar-refractivity contribution in [3.8, 4) is 11.3 Å². The molecule has 1 aromatic carbocycles.